The Morgan fingerprint density at radius 2 is 1.87 bits per heavy atom. The van der Waals surface area contributed by atoms with Crippen molar-refractivity contribution in [3.63, 3.8) is 0 Å². The van der Waals surface area contributed by atoms with Crippen LogP contribution in [0.1, 0.15) is 27.7 Å². The largest absolute Gasteiger partial charge is 0.352 e. The second kappa shape index (κ2) is 4.46. The standard InChI is InChI=1S/C9H16F2N4/c1-6(2)14(7(3)4)9-5-8(10)12-15(11)13-9/h5-7,13H,1-4H3. The summed E-state index contributed by atoms with van der Waals surface area (Å²) in [5.74, 6) is -0.479. The van der Waals surface area contributed by atoms with Crippen molar-refractivity contribution in [3.8, 4) is 0 Å². The first-order valence-electron chi connectivity index (χ1n) is 4.88. The van der Waals surface area contributed by atoms with Gasteiger partial charge in [0.05, 0.1) is 0 Å². The first-order valence-corrected chi connectivity index (χ1v) is 4.88. The van der Waals surface area contributed by atoms with Crippen LogP contribution in [0.3, 0.4) is 0 Å². The SMILES string of the molecule is CC(C)N(C1=CC(F)=NN(F)N1)C(C)C. The fraction of sp³-hybridized carbons (Fsp3) is 0.667. The molecule has 1 rings (SSSR count). The number of nitrogens with zero attached hydrogens (tertiary/aromatic N) is 3. The molecule has 0 saturated carbocycles. The van der Waals surface area contributed by atoms with Crippen LogP contribution < -0.4 is 5.43 Å². The van der Waals surface area contributed by atoms with Crippen molar-refractivity contribution in [2.45, 2.75) is 39.8 Å². The quantitative estimate of drug-likeness (QED) is 0.734. The van der Waals surface area contributed by atoms with Gasteiger partial charge in [-0.1, -0.05) is 9.58 Å². The molecule has 0 atom stereocenters. The normalized spacial score (nSPS) is 16.4. The highest BCUT2D eigenvalue weighted by Crippen LogP contribution is 2.15. The van der Waals surface area contributed by atoms with Crippen molar-refractivity contribution >= 4 is 5.97 Å². The summed E-state index contributed by atoms with van der Waals surface area (Å²) in [6.07, 6.45) is 1.18. The van der Waals surface area contributed by atoms with Crippen LogP contribution in [-0.2, 0) is 0 Å². The summed E-state index contributed by atoms with van der Waals surface area (Å²) in [6.45, 7) is 7.81. The summed E-state index contributed by atoms with van der Waals surface area (Å²) in [5.41, 5.74) is 2.34. The zero-order valence-electron chi connectivity index (χ0n) is 9.33. The van der Waals surface area contributed by atoms with Gasteiger partial charge in [-0.3, -0.25) is 0 Å². The van der Waals surface area contributed by atoms with E-state index < -0.39 is 5.97 Å². The Morgan fingerprint density at radius 1 is 1.33 bits per heavy atom. The highest BCUT2D eigenvalue weighted by atomic mass is 19.2. The van der Waals surface area contributed by atoms with Crippen LogP contribution >= 0.6 is 0 Å². The second-order valence-corrected chi connectivity index (χ2v) is 3.92. The van der Waals surface area contributed by atoms with Crippen molar-refractivity contribution in [1.29, 1.82) is 0 Å². The van der Waals surface area contributed by atoms with Crippen molar-refractivity contribution < 1.29 is 8.87 Å². The first-order chi connectivity index (χ1) is 6.91. The van der Waals surface area contributed by atoms with E-state index in [1.165, 1.54) is 6.08 Å². The van der Waals surface area contributed by atoms with E-state index in [1.54, 1.807) is 0 Å². The number of nitrogens with one attached hydrogen (secondary N) is 1. The van der Waals surface area contributed by atoms with Crippen LogP contribution in [-0.4, -0.2) is 28.3 Å². The average Bonchev–Trinajstić information content (AvgIpc) is 1.99. The maximum atomic E-state index is 12.9. The Balaban J connectivity index is 2.90. The molecular weight excluding hydrogens is 202 g/mol. The minimum atomic E-state index is -0.849. The summed E-state index contributed by atoms with van der Waals surface area (Å²) >= 11 is 0. The van der Waals surface area contributed by atoms with Gasteiger partial charge in [-0.15, -0.1) is 0 Å². The third-order valence-corrected chi connectivity index (χ3v) is 2.04. The highest BCUT2D eigenvalue weighted by Gasteiger charge is 2.22. The fourth-order valence-electron chi connectivity index (χ4n) is 1.66. The molecule has 0 aromatic carbocycles. The lowest BCUT2D eigenvalue weighted by atomic mass is 10.2. The molecule has 0 aromatic heterocycles. The third-order valence-electron chi connectivity index (χ3n) is 2.04. The van der Waals surface area contributed by atoms with Gasteiger partial charge in [0.15, 0.2) is 0 Å². The van der Waals surface area contributed by atoms with Gasteiger partial charge in [-0.25, -0.2) is 5.43 Å². The summed E-state index contributed by atoms with van der Waals surface area (Å²) in [4.78, 5) is 1.86. The molecule has 4 nitrogen and oxygen atoms in total. The van der Waals surface area contributed by atoms with E-state index in [2.05, 4.69) is 10.5 Å². The van der Waals surface area contributed by atoms with E-state index in [0.29, 0.717) is 5.82 Å². The Labute approximate surface area is 88.1 Å². The average molecular weight is 218 g/mol. The summed E-state index contributed by atoms with van der Waals surface area (Å²) in [5, 5.41) is 2.81. The van der Waals surface area contributed by atoms with Crippen LogP contribution in [0, 0.1) is 0 Å². The molecule has 0 spiro atoms. The van der Waals surface area contributed by atoms with Crippen molar-refractivity contribution in [3.05, 3.63) is 11.9 Å². The van der Waals surface area contributed by atoms with Crippen LogP contribution in [0.15, 0.2) is 17.0 Å². The van der Waals surface area contributed by atoms with E-state index in [9.17, 15) is 8.87 Å². The lowest BCUT2D eigenvalue weighted by molar-refractivity contribution is -0.0359. The molecular formula is C9H16F2N4. The highest BCUT2D eigenvalue weighted by molar-refractivity contribution is 5.87. The molecule has 1 aliphatic heterocycles. The van der Waals surface area contributed by atoms with E-state index in [1.807, 2.05) is 32.6 Å². The molecule has 1 N–H and O–H groups in total. The zero-order valence-corrected chi connectivity index (χ0v) is 9.33. The van der Waals surface area contributed by atoms with E-state index in [0.717, 1.165) is 0 Å². The third kappa shape index (κ3) is 2.81. The van der Waals surface area contributed by atoms with Crippen LogP contribution in [0.25, 0.3) is 0 Å². The maximum absolute atomic E-state index is 12.9. The molecule has 1 heterocycles. The van der Waals surface area contributed by atoms with Gasteiger partial charge in [0.1, 0.15) is 5.82 Å². The Bertz CT molecular complexity index is 278. The second-order valence-electron chi connectivity index (χ2n) is 3.92. The van der Waals surface area contributed by atoms with Crippen LogP contribution in [0.4, 0.5) is 8.87 Å². The van der Waals surface area contributed by atoms with E-state index in [-0.39, 0.29) is 17.4 Å². The summed E-state index contributed by atoms with van der Waals surface area (Å²) in [6, 6.07) is 0.283. The first kappa shape index (κ1) is 11.7. The molecule has 6 heteroatoms. The minimum Gasteiger partial charge on any atom is -0.352 e. The summed E-state index contributed by atoms with van der Waals surface area (Å²) in [7, 11) is 0. The maximum Gasteiger partial charge on any atom is 0.239 e. The number of rotatable bonds is 3. The molecule has 0 fully saturated rings. The lowest BCUT2D eigenvalue weighted by Gasteiger charge is -2.36. The molecule has 0 amide bonds. The van der Waals surface area contributed by atoms with E-state index in [4.69, 9.17) is 0 Å². The fourth-order valence-corrected chi connectivity index (χ4v) is 1.66. The van der Waals surface area contributed by atoms with Crippen LogP contribution in [0.2, 0.25) is 0 Å². The van der Waals surface area contributed by atoms with Gasteiger partial charge in [0.2, 0.25) is 5.97 Å². The number of hydrogen-bond donors (Lipinski definition) is 1. The van der Waals surface area contributed by atoms with Gasteiger partial charge < -0.3 is 4.90 Å². The van der Waals surface area contributed by atoms with Crippen molar-refractivity contribution in [2.24, 2.45) is 5.10 Å². The smallest absolute Gasteiger partial charge is 0.239 e. The van der Waals surface area contributed by atoms with Crippen molar-refractivity contribution in [1.82, 2.24) is 15.7 Å². The van der Waals surface area contributed by atoms with Gasteiger partial charge in [0, 0.05) is 18.2 Å². The molecule has 1 aliphatic rings. The topological polar surface area (TPSA) is 30.9 Å². The predicted octanol–water partition coefficient (Wildman–Crippen LogP) is 1.93. The van der Waals surface area contributed by atoms with Gasteiger partial charge >= 0.3 is 0 Å². The molecule has 86 valence electrons. The molecule has 0 bridgehead atoms. The number of hydrogen-bond acceptors (Lipinski definition) is 4. The predicted molar refractivity (Wildman–Crippen MR) is 54.8 cm³/mol. The van der Waals surface area contributed by atoms with Gasteiger partial charge in [-0.2, -0.15) is 4.39 Å². The number of hydrazine groups is 1. The molecule has 0 radical (unpaired) electrons. The molecule has 0 aromatic rings. The van der Waals surface area contributed by atoms with E-state index >= 15 is 0 Å². The number of halogens is 2. The summed E-state index contributed by atoms with van der Waals surface area (Å²) < 4.78 is 25.7. The van der Waals surface area contributed by atoms with Gasteiger partial charge in [-0.05, 0) is 33.0 Å². The zero-order chi connectivity index (χ0) is 11.6. The Kier molecular flexibility index (Phi) is 3.49. The van der Waals surface area contributed by atoms with Crippen molar-refractivity contribution in [2.75, 3.05) is 0 Å². The Hall–Kier alpha value is -1.33. The number of hydrazone groups is 1. The molecule has 0 unspecified atom stereocenters. The van der Waals surface area contributed by atoms with Crippen LogP contribution in [0.5, 0.6) is 0 Å². The minimum absolute atomic E-state index is 0.123. The lowest BCUT2D eigenvalue weighted by Crippen LogP contribution is -2.45. The molecule has 0 saturated heterocycles. The molecule has 0 aliphatic carbocycles. The molecule has 15 heavy (non-hydrogen) atoms. The van der Waals surface area contributed by atoms with Gasteiger partial charge in [0.25, 0.3) is 0 Å². The number of allylic oxidation sites excluding steroid dienone is 1. The monoisotopic (exact) mass is 218 g/mol. The Morgan fingerprint density at radius 3 is 2.27 bits per heavy atom.